The maximum absolute atomic E-state index is 11.4. The standard InChI is InChI=1S/C19H34N3O2P/c1-9-21(10-2)13-15-11-17(22(23)24)12-16(20-15)14-25(18(3,4)5)19(6,7)8/h11-12,14,20H,9-10,13H2,1-8H3/b16-14+. The summed E-state index contributed by atoms with van der Waals surface area (Å²) >= 11 is 0. The second-order valence-corrected chi connectivity index (χ2v) is 12.1. The van der Waals surface area contributed by atoms with E-state index >= 15 is 0 Å². The molecule has 0 amide bonds. The second kappa shape index (κ2) is 8.46. The van der Waals surface area contributed by atoms with Crippen molar-refractivity contribution in [3.8, 4) is 0 Å². The molecule has 0 aromatic heterocycles. The summed E-state index contributed by atoms with van der Waals surface area (Å²) in [4.78, 5) is 13.3. The van der Waals surface area contributed by atoms with Crippen molar-refractivity contribution in [2.75, 3.05) is 19.6 Å². The number of rotatable bonds is 6. The Kier molecular flexibility index (Phi) is 7.40. The van der Waals surface area contributed by atoms with Crippen LogP contribution in [0.2, 0.25) is 0 Å². The zero-order chi connectivity index (χ0) is 19.4. The van der Waals surface area contributed by atoms with Crippen LogP contribution in [0.5, 0.6) is 0 Å². The molecular weight excluding hydrogens is 333 g/mol. The third kappa shape index (κ3) is 6.56. The zero-order valence-electron chi connectivity index (χ0n) is 17.0. The molecule has 1 N–H and O–H groups in total. The van der Waals surface area contributed by atoms with Crippen molar-refractivity contribution in [1.82, 2.24) is 10.2 Å². The molecule has 0 aromatic rings. The summed E-state index contributed by atoms with van der Waals surface area (Å²) in [5.41, 5.74) is 1.90. The Morgan fingerprint density at radius 2 is 1.64 bits per heavy atom. The summed E-state index contributed by atoms with van der Waals surface area (Å²) in [6.07, 6.45) is 3.32. The smallest absolute Gasteiger partial charge is 0.273 e. The Bertz CT molecular complexity index is 562. The summed E-state index contributed by atoms with van der Waals surface area (Å²) in [6.45, 7) is 20.2. The highest BCUT2D eigenvalue weighted by atomic mass is 31.1. The van der Waals surface area contributed by atoms with E-state index in [2.05, 4.69) is 71.4 Å². The Labute approximate surface area is 154 Å². The largest absolute Gasteiger partial charge is 0.357 e. The van der Waals surface area contributed by atoms with Gasteiger partial charge in [0.15, 0.2) is 0 Å². The first kappa shape index (κ1) is 21.9. The average Bonchev–Trinajstić information content (AvgIpc) is 2.47. The molecule has 1 aliphatic heterocycles. The summed E-state index contributed by atoms with van der Waals surface area (Å²) in [5.74, 6) is 2.23. The lowest BCUT2D eigenvalue weighted by atomic mass is 10.2. The Hall–Kier alpha value is -1.19. The number of hydrogen-bond acceptors (Lipinski definition) is 4. The van der Waals surface area contributed by atoms with E-state index in [9.17, 15) is 10.1 Å². The normalized spacial score (nSPS) is 17.6. The van der Waals surface area contributed by atoms with E-state index in [1.165, 1.54) is 0 Å². The highest BCUT2D eigenvalue weighted by Gasteiger charge is 2.33. The molecule has 1 aliphatic rings. The van der Waals surface area contributed by atoms with Crippen LogP contribution < -0.4 is 5.32 Å². The number of dihydropyridines is 1. The third-order valence-electron chi connectivity index (χ3n) is 4.14. The molecule has 1 rings (SSSR count). The first-order valence-electron chi connectivity index (χ1n) is 8.95. The number of likely N-dealkylation sites (N-methyl/N-ethyl adjacent to an activating group) is 1. The molecule has 5 nitrogen and oxygen atoms in total. The van der Waals surface area contributed by atoms with E-state index in [0.717, 1.165) is 24.5 Å². The predicted molar refractivity (Wildman–Crippen MR) is 109 cm³/mol. The number of nitrogens with one attached hydrogen (secondary N) is 1. The zero-order valence-corrected chi connectivity index (χ0v) is 17.9. The molecule has 0 unspecified atom stereocenters. The molecule has 0 saturated carbocycles. The molecule has 0 atom stereocenters. The van der Waals surface area contributed by atoms with Gasteiger partial charge in [-0.25, -0.2) is 0 Å². The van der Waals surface area contributed by atoms with Gasteiger partial charge in [-0.05, 0) is 29.2 Å². The van der Waals surface area contributed by atoms with Gasteiger partial charge in [-0.15, -0.1) is 0 Å². The van der Waals surface area contributed by atoms with Gasteiger partial charge in [0.2, 0.25) is 0 Å². The lowest BCUT2D eigenvalue weighted by Crippen LogP contribution is -2.32. The van der Waals surface area contributed by atoms with Crippen molar-refractivity contribution in [3.05, 3.63) is 45.2 Å². The number of hydrogen-bond donors (Lipinski definition) is 1. The molecule has 6 heteroatoms. The minimum absolute atomic E-state index is 0.130. The molecule has 142 valence electrons. The van der Waals surface area contributed by atoms with Crippen molar-refractivity contribution in [2.45, 2.75) is 65.7 Å². The van der Waals surface area contributed by atoms with Gasteiger partial charge in [0.1, 0.15) is 0 Å². The van der Waals surface area contributed by atoms with Crippen LogP contribution in [0.4, 0.5) is 0 Å². The van der Waals surface area contributed by atoms with Gasteiger partial charge >= 0.3 is 0 Å². The minimum atomic E-state index is -0.483. The molecule has 0 fully saturated rings. The molecule has 25 heavy (non-hydrogen) atoms. The summed E-state index contributed by atoms with van der Waals surface area (Å²) < 4.78 is 0. The van der Waals surface area contributed by atoms with Crippen LogP contribution in [-0.2, 0) is 0 Å². The van der Waals surface area contributed by atoms with Gasteiger partial charge in [0, 0.05) is 30.1 Å². The van der Waals surface area contributed by atoms with E-state index in [1.807, 2.05) is 0 Å². The van der Waals surface area contributed by atoms with Crippen LogP contribution in [0, 0.1) is 10.1 Å². The molecular formula is C19H34N3O2P. The van der Waals surface area contributed by atoms with Crippen LogP contribution in [0.25, 0.3) is 0 Å². The van der Waals surface area contributed by atoms with Crippen LogP contribution in [0.3, 0.4) is 0 Å². The molecule has 0 bridgehead atoms. The second-order valence-electron chi connectivity index (χ2n) is 8.38. The Morgan fingerprint density at radius 3 is 2.04 bits per heavy atom. The lowest BCUT2D eigenvalue weighted by molar-refractivity contribution is -0.419. The van der Waals surface area contributed by atoms with Crippen molar-refractivity contribution < 1.29 is 4.92 Å². The van der Waals surface area contributed by atoms with E-state index in [0.29, 0.717) is 6.54 Å². The van der Waals surface area contributed by atoms with Gasteiger partial charge < -0.3 is 5.32 Å². The maximum Gasteiger partial charge on any atom is 0.273 e. The summed E-state index contributed by atoms with van der Waals surface area (Å²) in [5, 5.41) is 15.1. The fourth-order valence-electron chi connectivity index (χ4n) is 3.12. The molecule has 0 spiro atoms. The molecule has 0 aliphatic carbocycles. The first-order chi connectivity index (χ1) is 11.4. The molecule has 1 heterocycles. The van der Waals surface area contributed by atoms with Crippen molar-refractivity contribution in [2.24, 2.45) is 0 Å². The van der Waals surface area contributed by atoms with Crippen molar-refractivity contribution in [1.29, 1.82) is 0 Å². The van der Waals surface area contributed by atoms with Gasteiger partial charge in [-0.3, -0.25) is 15.0 Å². The molecule has 0 aromatic carbocycles. The topological polar surface area (TPSA) is 58.4 Å². The Balaban J connectivity index is 3.23. The van der Waals surface area contributed by atoms with Gasteiger partial charge in [0.25, 0.3) is 5.70 Å². The maximum atomic E-state index is 11.4. The predicted octanol–water partition coefficient (Wildman–Crippen LogP) is 4.90. The fourth-order valence-corrected chi connectivity index (χ4v) is 6.32. The van der Waals surface area contributed by atoms with Crippen LogP contribution in [0.15, 0.2) is 35.1 Å². The fraction of sp³-hybridized carbons (Fsp3) is 0.684. The lowest BCUT2D eigenvalue weighted by Gasteiger charge is -2.40. The highest BCUT2D eigenvalue weighted by molar-refractivity contribution is 7.64. The molecule has 0 radical (unpaired) electrons. The minimum Gasteiger partial charge on any atom is -0.357 e. The van der Waals surface area contributed by atoms with Crippen LogP contribution in [-0.4, -0.2) is 39.8 Å². The monoisotopic (exact) mass is 367 g/mol. The van der Waals surface area contributed by atoms with E-state index in [1.54, 1.807) is 12.2 Å². The van der Waals surface area contributed by atoms with E-state index in [-0.39, 0.29) is 20.9 Å². The van der Waals surface area contributed by atoms with Gasteiger partial charge in [0.05, 0.1) is 4.92 Å². The Morgan fingerprint density at radius 1 is 1.12 bits per heavy atom. The number of nitrogens with zero attached hydrogens (tertiary/aromatic N) is 2. The quantitative estimate of drug-likeness (QED) is 0.412. The van der Waals surface area contributed by atoms with E-state index in [4.69, 9.17) is 0 Å². The van der Waals surface area contributed by atoms with Crippen LogP contribution >= 0.6 is 7.92 Å². The highest BCUT2D eigenvalue weighted by Crippen LogP contribution is 2.60. The van der Waals surface area contributed by atoms with Crippen molar-refractivity contribution >= 4 is 7.92 Å². The third-order valence-corrected chi connectivity index (χ3v) is 7.57. The van der Waals surface area contributed by atoms with Crippen molar-refractivity contribution in [3.63, 3.8) is 0 Å². The van der Waals surface area contributed by atoms with E-state index < -0.39 is 7.92 Å². The summed E-state index contributed by atoms with van der Waals surface area (Å²) in [6, 6.07) is 0. The SMILES string of the molecule is CCN(CC)CC1=CC([N+](=O)[O-])=C/C(=C\P(C(C)(C)C)C(C)(C)C)N1. The number of allylic oxidation sites excluding steroid dienone is 2. The van der Waals surface area contributed by atoms with Crippen LogP contribution in [0.1, 0.15) is 55.4 Å². The van der Waals surface area contributed by atoms with Gasteiger partial charge in [-0.2, -0.15) is 0 Å². The number of nitro groups is 1. The summed E-state index contributed by atoms with van der Waals surface area (Å²) in [7, 11) is -0.483. The first-order valence-corrected chi connectivity index (χ1v) is 10.4. The average molecular weight is 367 g/mol. The van der Waals surface area contributed by atoms with Gasteiger partial charge in [-0.1, -0.05) is 63.3 Å². The molecule has 0 saturated heterocycles.